The van der Waals surface area contributed by atoms with Gasteiger partial charge in [-0.05, 0) is 69.0 Å². The van der Waals surface area contributed by atoms with E-state index in [-0.39, 0.29) is 30.2 Å². The van der Waals surface area contributed by atoms with Crippen LogP contribution in [0.1, 0.15) is 60.8 Å². The SMILES string of the molecule is COC(=O)CN(C)[C@H]1CC[C@](NC(=O)C(C)c2cc(C(F)(F)F)cc(C(F)(F)F)c2)(c2ccccc2)CC1. The Hall–Kier alpha value is -3.08. The Kier molecular flexibility index (Phi) is 8.80. The van der Waals surface area contributed by atoms with Gasteiger partial charge >= 0.3 is 18.3 Å². The third kappa shape index (κ3) is 6.86. The minimum absolute atomic E-state index is 0.0260. The number of carbonyl (C=O) groups excluding carboxylic acids is 2. The molecule has 1 fully saturated rings. The van der Waals surface area contributed by atoms with Crippen LogP contribution in [-0.2, 0) is 32.2 Å². The number of likely N-dealkylation sites (N-methyl/N-ethyl adjacent to an activating group) is 1. The second-order valence-electron chi connectivity index (χ2n) is 9.72. The number of amides is 1. The standard InChI is InChI=1S/C27H30F6N2O3/c1-17(18-13-20(26(28,29)30)15-21(14-18)27(31,32)33)24(37)34-25(19-7-5-4-6-8-19)11-9-22(10-12-25)35(2)16-23(36)38-3/h4-8,13-15,17,22H,9-12,16H2,1-3H3,(H,34,37)/t17?,22-,25+. The number of rotatable bonds is 7. The minimum Gasteiger partial charge on any atom is -0.468 e. The van der Waals surface area contributed by atoms with E-state index in [0.717, 1.165) is 5.56 Å². The van der Waals surface area contributed by atoms with E-state index in [4.69, 9.17) is 4.74 Å². The van der Waals surface area contributed by atoms with Crippen LogP contribution < -0.4 is 5.32 Å². The molecule has 0 aliphatic heterocycles. The highest BCUT2D eigenvalue weighted by molar-refractivity contribution is 5.84. The number of nitrogens with zero attached hydrogens (tertiary/aromatic N) is 1. The summed E-state index contributed by atoms with van der Waals surface area (Å²) >= 11 is 0. The quantitative estimate of drug-likeness (QED) is 0.349. The fourth-order valence-electron chi connectivity index (χ4n) is 4.90. The van der Waals surface area contributed by atoms with Crippen LogP contribution >= 0.6 is 0 Å². The average Bonchev–Trinajstić information content (AvgIpc) is 2.87. The van der Waals surface area contributed by atoms with Gasteiger partial charge in [-0.15, -0.1) is 0 Å². The number of esters is 1. The number of methoxy groups -OCH3 is 1. The number of hydrogen-bond acceptors (Lipinski definition) is 4. The molecule has 38 heavy (non-hydrogen) atoms. The lowest BCUT2D eigenvalue weighted by Crippen LogP contribution is -2.52. The molecule has 1 aliphatic carbocycles. The highest BCUT2D eigenvalue weighted by atomic mass is 19.4. The van der Waals surface area contributed by atoms with Gasteiger partial charge in [0, 0.05) is 6.04 Å². The Morgan fingerprint density at radius 2 is 1.53 bits per heavy atom. The summed E-state index contributed by atoms with van der Waals surface area (Å²) in [5.74, 6) is -2.34. The largest absolute Gasteiger partial charge is 0.468 e. The second kappa shape index (κ2) is 11.3. The number of benzene rings is 2. The molecule has 0 saturated heterocycles. The van der Waals surface area contributed by atoms with Gasteiger partial charge in [0.05, 0.1) is 36.2 Å². The fraction of sp³-hybridized carbons (Fsp3) is 0.481. The van der Waals surface area contributed by atoms with Crippen molar-refractivity contribution in [2.75, 3.05) is 20.7 Å². The average molecular weight is 545 g/mol. The van der Waals surface area contributed by atoms with Crippen molar-refractivity contribution in [3.63, 3.8) is 0 Å². The fourth-order valence-corrected chi connectivity index (χ4v) is 4.90. The van der Waals surface area contributed by atoms with Gasteiger partial charge in [-0.25, -0.2) is 0 Å². The van der Waals surface area contributed by atoms with Crippen molar-refractivity contribution in [3.05, 3.63) is 70.8 Å². The normalized spacial score (nSPS) is 21.2. The van der Waals surface area contributed by atoms with E-state index in [1.807, 2.05) is 17.0 Å². The molecule has 208 valence electrons. The summed E-state index contributed by atoms with van der Waals surface area (Å²) in [7, 11) is 3.10. The maximum Gasteiger partial charge on any atom is 0.416 e. The predicted octanol–water partition coefficient (Wildman–Crippen LogP) is 5.89. The van der Waals surface area contributed by atoms with E-state index in [0.29, 0.717) is 37.8 Å². The minimum atomic E-state index is -5.01. The number of hydrogen-bond donors (Lipinski definition) is 1. The molecule has 1 unspecified atom stereocenters. The summed E-state index contributed by atoms with van der Waals surface area (Å²) in [6.07, 6.45) is -7.90. The van der Waals surface area contributed by atoms with E-state index in [9.17, 15) is 35.9 Å². The lowest BCUT2D eigenvalue weighted by Gasteiger charge is -2.44. The molecule has 1 atom stereocenters. The molecule has 2 aromatic carbocycles. The third-order valence-electron chi connectivity index (χ3n) is 7.23. The third-order valence-corrected chi connectivity index (χ3v) is 7.23. The first-order chi connectivity index (χ1) is 17.7. The summed E-state index contributed by atoms with van der Waals surface area (Å²) in [5, 5.41) is 2.96. The molecule has 1 N–H and O–H groups in total. The van der Waals surface area contributed by atoms with Gasteiger partial charge in [-0.1, -0.05) is 30.3 Å². The molecule has 1 aliphatic rings. The molecule has 3 rings (SSSR count). The van der Waals surface area contributed by atoms with Crippen LogP contribution in [0.4, 0.5) is 26.3 Å². The summed E-state index contributed by atoms with van der Waals surface area (Å²) in [4.78, 5) is 26.9. The van der Waals surface area contributed by atoms with Crippen LogP contribution in [0.3, 0.4) is 0 Å². The van der Waals surface area contributed by atoms with Gasteiger partial charge in [0.25, 0.3) is 0 Å². The van der Waals surface area contributed by atoms with Crippen LogP contribution in [0.15, 0.2) is 48.5 Å². The lowest BCUT2D eigenvalue weighted by molar-refractivity contribution is -0.144. The molecule has 1 saturated carbocycles. The van der Waals surface area contributed by atoms with Gasteiger partial charge in [-0.3, -0.25) is 14.5 Å². The molecule has 0 radical (unpaired) electrons. The van der Waals surface area contributed by atoms with Gasteiger partial charge in [-0.2, -0.15) is 26.3 Å². The number of halogens is 6. The zero-order valence-electron chi connectivity index (χ0n) is 21.2. The van der Waals surface area contributed by atoms with E-state index < -0.39 is 40.8 Å². The maximum absolute atomic E-state index is 13.4. The van der Waals surface area contributed by atoms with Crippen molar-refractivity contribution in [2.45, 2.75) is 62.5 Å². The van der Waals surface area contributed by atoms with Crippen molar-refractivity contribution in [1.82, 2.24) is 10.2 Å². The molecule has 0 heterocycles. The molecule has 0 aromatic heterocycles. The van der Waals surface area contributed by atoms with Crippen LogP contribution in [0.5, 0.6) is 0 Å². The summed E-state index contributed by atoms with van der Waals surface area (Å²) in [6.45, 7) is 1.39. The van der Waals surface area contributed by atoms with Crippen LogP contribution in [0.25, 0.3) is 0 Å². The molecule has 2 aromatic rings. The summed E-state index contributed by atoms with van der Waals surface area (Å²) in [6, 6.07) is 10.3. The van der Waals surface area contributed by atoms with Crippen molar-refractivity contribution in [2.24, 2.45) is 0 Å². The van der Waals surface area contributed by atoms with E-state index in [1.54, 1.807) is 25.2 Å². The topological polar surface area (TPSA) is 58.6 Å². The van der Waals surface area contributed by atoms with Gasteiger partial charge < -0.3 is 10.1 Å². The number of carbonyl (C=O) groups is 2. The number of nitrogens with one attached hydrogen (secondary N) is 1. The van der Waals surface area contributed by atoms with E-state index >= 15 is 0 Å². The first-order valence-electron chi connectivity index (χ1n) is 12.1. The molecule has 1 amide bonds. The van der Waals surface area contributed by atoms with Crippen LogP contribution in [0.2, 0.25) is 0 Å². The Bertz CT molecular complexity index is 1090. The van der Waals surface area contributed by atoms with Crippen molar-refractivity contribution in [3.8, 4) is 0 Å². The Morgan fingerprint density at radius 3 is 2.00 bits per heavy atom. The van der Waals surface area contributed by atoms with Gasteiger partial charge in [0.1, 0.15) is 0 Å². The highest BCUT2D eigenvalue weighted by Gasteiger charge is 2.41. The van der Waals surface area contributed by atoms with E-state index in [2.05, 4.69) is 5.32 Å². The molecular weight excluding hydrogens is 514 g/mol. The summed E-state index contributed by atoms with van der Waals surface area (Å²) in [5.41, 5.74) is -3.39. The van der Waals surface area contributed by atoms with Crippen molar-refractivity contribution in [1.29, 1.82) is 0 Å². The maximum atomic E-state index is 13.4. The second-order valence-corrected chi connectivity index (χ2v) is 9.72. The number of alkyl halides is 6. The molecule has 0 spiro atoms. The van der Waals surface area contributed by atoms with Gasteiger partial charge in [0.2, 0.25) is 5.91 Å². The Balaban J connectivity index is 1.88. The number of ether oxygens (including phenoxy) is 1. The first kappa shape index (κ1) is 29.5. The summed E-state index contributed by atoms with van der Waals surface area (Å²) < 4.78 is 84.9. The van der Waals surface area contributed by atoms with Crippen LogP contribution in [-0.4, -0.2) is 43.5 Å². The van der Waals surface area contributed by atoms with Crippen molar-refractivity contribution >= 4 is 11.9 Å². The zero-order valence-corrected chi connectivity index (χ0v) is 21.2. The molecule has 11 heteroatoms. The Morgan fingerprint density at radius 1 is 1.00 bits per heavy atom. The lowest BCUT2D eigenvalue weighted by atomic mass is 9.74. The first-order valence-corrected chi connectivity index (χ1v) is 12.1. The van der Waals surface area contributed by atoms with Gasteiger partial charge in [0.15, 0.2) is 0 Å². The zero-order chi connectivity index (χ0) is 28.3. The molecular formula is C27H30F6N2O3. The Labute approximate surface area is 217 Å². The van der Waals surface area contributed by atoms with Crippen molar-refractivity contribution < 1.29 is 40.7 Å². The van der Waals surface area contributed by atoms with Crippen LogP contribution in [0, 0.1) is 0 Å². The monoisotopic (exact) mass is 544 g/mol. The van der Waals surface area contributed by atoms with E-state index in [1.165, 1.54) is 14.0 Å². The molecule has 5 nitrogen and oxygen atoms in total. The smallest absolute Gasteiger partial charge is 0.416 e. The highest BCUT2D eigenvalue weighted by Crippen LogP contribution is 2.41. The molecule has 0 bridgehead atoms. The predicted molar refractivity (Wildman–Crippen MR) is 128 cm³/mol.